The Labute approximate surface area is 118 Å². The van der Waals surface area contributed by atoms with E-state index in [1.54, 1.807) is 0 Å². The fourth-order valence-electron chi connectivity index (χ4n) is 1.67. The van der Waals surface area contributed by atoms with Gasteiger partial charge in [0.15, 0.2) is 5.17 Å². The molecule has 1 atom stereocenters. The van der Waals surface area contributed by atoms with E-state index < -0.39 is 11.7 Å². The van der Waals surface area contributed by atoms with E-state index in [-0.39, 0.29) is 16.8 Å². The molecular formula is C12H12ClF3N2S. The van der Waals surface area contributed by atoms with Gasteiger partial charge in [0.1, 0.15) is 0 Å². The summed E-state index contributed by atoms with van der Waals surface area (Å²) in [6.07, 6.45) is -3.56. The Morgan fingerprint density at radius 3 is 2.79 bits per heavy atom. The Bertz CT molecular complexity index is 502. The second-order valence-electron chi connectivity index (χ2n) is 4.12. The molecule has 1 aromatic carbocycles. The average Bonchev–Trinajstić information content (AvgIpc) is 2.78. The van der Waals surface area contributed by atoms with Crippen molar-refractivity contribution in [1.29, 1.82) is 0 Å². The number of anilines is 1. The molecule has 1 heterocycles. The van der Waals surface area contributed by atoms with E-state index in [0.29, 0.717) is 5.17 Å². The van der Waals surface area contributed by atoms with Crippen LogP contribution < -0.4 is 5.32 Å². The van der Waals surface area contributed by atoms with Gasteiger partial charge in [-0.05, 0) is 24.6 Å². The Balaban J connectivity index is 2.26. The van der Waals surface area contributed by atoms with E-state index in [2.05, 4.69) is 10.3 Å². The van der Waals surface area contributed by atoms with Crippen LogP contribution >= 0.6 is 23.4 Å². The minimum atomic E-state index is -4.44. The van der Waals surface area contributed by atoms with Crippen LogP contribution in [0.15, 0.2) is 23.2 Å². The van der Waals surface area contributed by atoms with Gasteiger partial charge < -0.3 is 5.32 Å². The lowest BCUT2D eigenvalue weighted by atomic mass is 10.1. The molecule has 0 saturated carbocycles. The molecule has 19 heavy (non-hydrogen) atoms. The summed E-state index contributed by atoms with van der Waals surface area (Å²) in [5.41, 5.74) is -0.789. The molecule has 2 nitrogen and oxygen atoms in total. The summed E-state index contributed by atoms with van der Waals surface area (Å²) in [4.78, 5) is 4.32. The quantitative estimate of drug-likeness (QED) is 0.860. The largest absolute Gasteiger partial charge is 0.418 e. The molecule has 1 aromatic rings. The Hall–Kier alpha value is -0.880. The molecule has 0 spiro atoms. The van der Waals surface area contributed by atoms with Crippen molar-refractivity contribution in [2.75, 3.05) is 11.1 Å². The van der Waals surface area contributed by atoms with E-state index in [1.807, 2.05) is 6.92 Å². The fourth-order valence-corrected chi connectivity index (χ4v) is 2.91. The number of alkyl halides is 3. The van der Waals surface area contributed by atoms with E-state index in [9.17, 15) is 13.2 Å². The third-order valence-corrected chi connectivity index (χ3v) is 3.98. The van der Waals surface area contributed by atoms with Gasteiger partial charge in [-0.3, -0.25) is 4.99 Å². The van der Waals surface area contributed by atoms with E-state index >= 15 is 0 Å². The van der Waals surface area contributed by atoms with Crippen molar-refractivity contribution >= 4 is 34.2 Å². The third kappa shape index (κ3) is 3.57. The van der Waals surface area contributed by atoms with E-state index in [0.717, 1.165) is 18.2 Å². The molecule has 104 valence electrons. The summed E-state index contributed by atoms with van der Waals surface area (Å²) in [5.74, 6) is 0.799. The molecule has 0 aliphatic carbocycles. The molecular weight excluding hydrogens is 297 g/mol. The number of aliphatic imine (C=N–C) groups is 1. The first-order valence-corrected chi connectivity index (χ1v) is 7.11. The van der Waals surface area contributed by atoms with Crippen LogP contribution in [0.2, 0.25) is 5.02 Å². The van der Waals surface area contributed by atoms with Crippen LogP contribution in [0.4, 0.5) is 18.9 Å². The topological polar surface area (TPSA) is 24.4 Å². The predicted octanol–water partition coefficient (Wildman–Crippen LogP) is 4.65. The Morgan fingerprint density at radius 1 is 1.47 bits per heavy atom. The molecule has 7 heteroatoms. The molecule has 0 amide bonds. The lowest BCUT2D eigenvalue weighted by molar-refractivity contribution is -0.136. The van der Waals surface area contributed by atoms with Crippen LogP contribution in [0, 0.1) is 0 Å². The van der Waals surface area contributed by atoms with E-state index in [1.165, 1.54) is 23.9 Å². The number of hydrogen-bond donors (Lipinski definition) is 1. The molecule has 0 bridgehead atoms. The van der Waals surface area contributed by atoms with Crippen LogP contribution in [0.1, 0.15) is 18.9 Å². The van der Waals surface area contributed by atoms with Crippen LogP contribution in [0.3, 0.4) is 0 Å². The van der Waals surface area contributed by atoms with Crippen LogP contribution in [-0.2, 0) is 6.18 Å². The number of nitrogens with zero attached hydrogens (tertiary/aromatic N) is 1. The molecule has 0 aromatic heterocycles. The molecule has 2 rings (SSSR count). The first kappa shape index (κ1) is 14.5. The second-order valence-corrected chi connectivity index (χ2v) is 5.57. The molecule has 1 aliphatic heterocycles. The normalized spacial score (nSPS) is 19.4. The minimum Gasteiger partial charge on any atom is -0.334 e. The monoisotopic (exact) mass is 308 g/mol. The van der Waals surface area contributed by atoms with Gasteiger partial charge in [-0.1, -0.05) is 30.3 Å². The zero-order valence-corrected chi connectivity index (χ0v) is 11.7. The number of thioether (sulfide) groups is 1. The average molecular weight is 309 g/mol. The van der Waals surface area contributed by atoms with Crippen molar-refractivity contribution < 1.29 is 13.2 Å². The van der Waals surface area contributed by atoms with Gasteiger partial charge in [0.25, 0.3) is 0 Å². The van der Waals surface area contributed by atoms with Gasteiger partial charge in [-0.25, -0.2) is 0 Å². The molecule has 0 radical (unpaired) electrons. The molecule has 0 saturated heterocycles. The maximum atomic E-state index is 12.9. The summed E-state index contributed by atoms with van der Waals surface area (Å²) in [7, 11) is 0. The Kier molecular flexibility index (Phi) is 4.30. The lowest BCUT2D eigenvalue weighted by Crippen LogP contribution is -2.13. The second kappa shape index (κ2) is 5.63. The Morgan fingerprint density at radius 2 is 2.21 bits per heavy atom. The number of benzene rings is 1. The summed E-state index contributed by atoms with van der Waals surface area (Å²) in [6, 6.07) is 3.85. The van der Waals surface area contributed by atoms with Crippen molar-refractivity contribution in [3.63, 3.8) is 0 Å². The highest BCUT2D eigenvalue weighted by Gasteiger charge is 2.34. The summed E-state index contributed by atoms with van der Waals surface area (Å²) in [6.45, 7) is 2.00. The summed E-state index contributed by atoms with van der Waals surface area (Å²) < 4.78 is 38.7. The zero-order chi connectivity index (χ0) is 14.0. The molecule has 1 aliphatic rings. The highest BCUT2D eigenvalue weighted by molar-refractivity contribution is 8.14. The van der Waals surface area contributed by atoms with Crippen LogP contribution in [0.25, 0.3) is 0 Å². The first-order chi connectivity index (χ1) is 8.90. The lowest BCUT2D eigenvalue weighted by Gasteiger charge is -2.14. The zero-order valence-electron chi connectivity index (χ0n) is 10.1. The molecule has 1 unspecified atom stereocenters. The van der Waals surface area contributed by atoms with Gasteiger partial charge in [-0.15, -0.1) is 0 Å². The molecule has 0 fully saturated rings. The van der Waals surface area contributed by atoms with Gasteiger partial charge in [0.05, 0.1) is 17.3 Å². The highest BCUT2D eigenvalue weighted by atomic mass is 35.5. The standard InChI is InChI=1S/C12H12ClF3N2S/c1-2-8-6-19-11(17-8)18-10-4-3-7(13)5-9(10)12(14,15)16/h3-5,8H,2,6H2,1H3,(H,17,18). The predicted molar refractivity (Wildman–Crippen MR) is 74.0 cm³/mol. The maximum Gasteiger partial charge on any atom is 0.418 e. The number of amidine groups is 1. The van der Waals surface area contributed by atoms with Crippen LogP contribution in [-0.4, -0.2) is 17.0 Å². The van der Waals surface area contributed by atoms with Crippen molar-refractivity contribution in [1.82, 2.24) is 0 Å². The van der Waals surface area contributed by atoms with Crippen molar-refractivity contribution in [2.24, 2.45) is 4.99 Å². The fraction of sp³-hybridized carbons (Fsp3) is 0.417. The van der Waals surface area contributed by atoms with Gasteiger partial charge in [0.2, 0.25) is 0 Å². The highest BCUT2D eigenvalue weighted by Crippen LogP contribution is 2.37. The van der Waals surface area contributed by atoms with Crippen molar-refractivity contribution in [3.8, 4) is 0 Å². The number of nitrogens with one attached hydrogen (secondary N) is 1. The SMILES string of the molecule is CCC1CSC(Nc2ccc(Cl)cc2C(F)(F)F)=N1. The van der Waals surface area contributed by atoms with Crippen molar-refractivity contribution in [3.05, 3.63) is 28.8 Å². The van der Waals surface area contributed by atoms with Gasteiger partial charge >= 0.3 is 6.18 Å². The number of rotatable bonds is 2. The maximum absolute atomic E-state index is 12.9. The number of hydrogen-bond acceptors (Lipinski definition) is 3. The summed E-state index contributed by atoms with van der Waals surface area (Å²) >= 11 is 7.05. The van der Waals surface area contributed by atoms with E-state index in [4.69, 9.17) is 11.6 Å². The van der Waals surface area contributed by atoms with Gasteiger partial charge in [0, 0.05) is 10.8 Å². The third-order valence-electron chi connectivity index (χ3n) is 2.71. The van der Waals surface area contributed by atoms with Gasteiger partial charge in [-0.2, -0.15) is 13.2 Å². The minimum absolute atomic E-state index is 0.0140. The van der Waals surface area contributed by atoms with Crippen LogP contribution in [0.5, 0.6) is 0 Å². The van der Waals surface area contributed by atoms with Crippen molar-refractivity contribution in [2.45, 2.75) is 25.6 Å². The first-order valence-electron chi connectivity index (χ1n) is 5.74. The summed E-state index contributed by atoms with van der Waals surface area (Å²) in [5, 5.41) is 3.33. The molecule has 1 N–H and O–H groups in total. The number of halogens is 4. The smallest absolute Gasteiger partial charge is 0.334 e.